The first kappa shape index (κ1) is 15.2. The van der Waals surface area contributed by atoms with E-state index in [0.29, 0.717) is 11.0 Å². The van der Waals surface area contributed by atoms with Crippen LogP contribution in [-0.4, -0.2) is 23.0 Å². The van der Waals surface area contributed by atoms with Crippen molar-refractivity contribution in [3.63, 3.8) is 0 Å². The molecule has 3 nitrogen and oxygen atoms in total. The maximum atomic E-state index is 13.2. The molecular formula is C14H17ClFN3S. The molecule has 3 rings (SSSR count). The number of rotatable bonds is 3. The fourth-order valence-electron chi connectivity index (χ4n) is 2.62. The van der Waals surface area contributed by atoms with Crippen LogP contribution in [-0.2, 0) is 6.54 Å². The van der Waals surface area contributed by atoms with Crippen LogP contribution < -0.4 is 5.73 Å². The predicted molar refractivity (Wildman–Crippen MR) is 82.8 cm³/mol. The number of nitrogens with zero attached hydrogens (tertiary/aromatic N) is 2. The topological polar surface area (TPSA) is 42.1 Å². The Morgan fingerprint density at radius 2 is 2.30 bits per heavy atom. The van der Waals surface area contributed by atoms with Crippen molar-refractivity contribution >= 4 is 28.9 Å². The number of thiazole rings is 1. The molecule has 1 aromatic heterocycles. The van der Waals surface area contributed by atoms with Gasteiger partial charge in [0.1, 0.15) is 5.82 Å². The Bertz CT molecular complexity index is 575. The van der Waals surface area contributed by atoms with Crippen LogP contribution in [0.3, 0.4) is 0 Å². The molecule has 1 aliphatic heterocycles. The predicted octanol–water partition coefficient (Wildman–Crippen LogP) is 3.28. The molecule has 1 unspecified atom stereocenters. The lowest BCUT2D eigenvalue weighted by atomic mass is 9.98. The molecule has 2 heterocycles. The zero-order valence-corrected chi connectivity index (χ0v) is 12.6. The van der Waals surface area contributed by atoms with Crippen LogP contribution in [0.15, 0.2) is 30.5 Å². The number of hydrogen-bond acceptors (Lipinski definition) is 4. The van der Waals surface area contributed by atoms with E-state index in [1.54, 1.807) is 12.1 Å². The molecule has 2 N–H and O–H groups in total. The molecule has 1 atom stereocenters. The molecule has 1 fully saturated rings. The van der Waals surface area contributed by atoms with E-state index in [9.17, 15) is 4.39 Å². The maximum absolute atomic E-state index is 13.2. The second kappa shape index (κ2) is 6.52. The lowest BCUT2D eigenvalue weighted by Crippen LogP contribution is -2.19. The Hall–Kier alpha value is -1.17. The fourth-order valence-corrected chi connectivity index (χ4v) is 3.35. The van der Waals surface area contributed by atoms with Crippen molar-refractivity contribution in [2.45, 2.75) is 18.9 Å². The monoisotopic (exact) mass is 313 g/mol. The number of aromatic nitrogens is 1. The number of halogens is 2. The number of benzene rings is 1. The van der Waals surface area contributed by atoms with Gasteiger partial charge in [0.05, 0.1) is 0 Å². The third-order valence-electron chi connectivity index (χ3n) is 3.54. The van der Waals surface area contributed by atoms with E-state index < -0.39 is 0 Å². The Labute approximate surface area is 128 Å². The van der Waals surface area contributed by atoms with Gasteiger partial charge in [-0.2, -0.15) is 0 Å². The Balaban J connectivity index is 0.00000147. The summed E-state index contributed by atoms with van der Waals surface area (Å²) in [5, 5.41) is 0.621. The smallest absolute Gasteiger partial charge is 0.180 e. The van der Waals surface area contributed by atoms with Gasteiger partial charge in [-0.15, -0.1) is 23.7 Å². The van der Waals surface area contributed by atoms with Crippen molar-refractivity contribution in [3.8, 4) is 0 Å². The molecule has 0 saturated carbocycles. The second-order valence-corrected chi connectivity index (χ2v) is 6.09. The van der Waals surface area contributed by atoms with Crippen LogP contribution in [0.4, 0.5) is 9.52 Å². The number of nitrogen functional groups attached to an aromatic ring is 1. The maximum Gasteiger partial charge on any atom is 0.180 e. The molecule has 1 aromatic carbocycles. The highest BCUT2D eigenvalue weighted by atomic mass is 35.5. The van der Waals surface area contributed by atoms with Crippen LogP contribution in [0.2, 0.25) is 0 Å². The van der Waals surface area contributed by atoms with Gasteiger partial charge < -0.3 is 5.73 Å². The highest BCUT2D eigenvalue weighted by Gasteiger charge is 2.24. The molecule has 6 heteroatoms. The van der Waals surface area contributed by atoms with Gasteiger partial charge in [0.15, 0.2) is 5.13 Å². The zero-order valence-electron chi connectivity index (χ0n) is 11.0. The molecule has 0 bridgehead atoms. The van der Waals surface area contributed by atoms with Gasteiger partial charge in [-0.3, -0.25) is 4.90 Å². The summed E-state index contributed by atoms with van der Waals surface area (Å²) in [6, 6.07) is 6.95. The standard InChI is InChI=1S/C14H16FN3S.ClH/c15-12-3-1-2-10(6-12)11-4-5-18(8-11)9-13-7-17-14(16)19-13;/h1-3,6-7,11H,4-5,8-9H2,(H2,16,17);1H. The number of hydrogen-bond donors (Lipinski definition) is 1. The van der Waals surface area contributed by atoms with Gasteiger partial charge in [-0.05, 0) is 36.6 Å². The lowest BCUT2D eigenvalue weighted by molar-refractivity contribution is 0.329. The van der Waals surface area contributed by atoms with Gasteiger partial charge in [-0.25, -0.2) is 9.37 Å². The Morgan fingerprint density at radius 3 is 3.00 bits per heavy atom. The van der Waals surface area contributed by atoms with Crippen molar-refractivity contribution in [3.05, 3.63) is 46.7 Å². The van der Waals surface area contributed by atoms with Gasteiger partial charge in [0, 0.05) is 24.2 Å². The minimum Gasteiger partial charge on any atom is -0.375 e. The van der Waals surface area contributed by atoms with Crippen molar-refractivity contribution in [1.29, 1.82) is 0 Å². The minimum absolute atomic E-state index is 0. The van der Waals surface area contributed by atoms with E-state index in [0.717, 1.165) is 31.6 Å². The fraction of sp³-hybridized carbons (Fsp3) is 0.357. The van der Waals surface area contributed by atoms with Crippen LogP contribution >= 0.6 is 23.7 Å². The summed E-state index contributed by atoms with van der Waals surface area (Å²) in [5.41, 5.74) is 6.74. The molecule has 1 saturated heterocycles. The van der Waals surface area contributed by atoms with E-state index in [4.69, 9.17) is 5.73 Å². The molecule has 0 aliphatic carbocycles. The van der Waals surface area contributed by atoms with E-state index in [-0.39, 0.29) is 18.2 Å². The lowest BCUT2D eigenvalue weighted by Gasteiger charge is -2.14. The first-order valence-electron chi connectivity index (χ1n) is 6.39. The number of anilines is 1. The molecule has 108 valence electrons. The van der Waals surface area contributed by atoms with Crippen molar-refractivity contribution < 1.29 is 4.39 Å². The minimum atomic E-state index is -0.147. The quantitative estimate of drug-likeness (QED) is 0.945. The van der Waals surface area contributed by atoms with Gasteiger partial charge in [-0.1, -0.05) is 12.1 Å². The summed E-state index contributed by atoms with van der Waals surface area (Å²) in [4.78, 5) is 7.64. The van der Waals surface area contributed by atoms with E-state index >= 15 is 0 Å². The van der Waals surface area contributed by atoms with E-state index in [1.807, 2.05) is 12.3 Å². The average Bonchev–Trinajstić information content (AvgIpc) is 2.99. The van der Waals surface area contributed by atoms with Crippen LogP contribution in [0.1, 0.15) is 22.8 Å². The van der Waals surface area contributed by atoms with Crippen LogP contribution in [0.25, 0.3) is 0 Å². The molecule has 0 spiro atoms. The molecule has 0 radical (unpaired) electrons. The highest BCUT2D eigenvalue weighted by Crippen LogP contribution is 2.29. The van der Waals surface area contributed by atoms with Gasteiger partial charge in [0.2, 0.25) is 0 Å². The summed E-state index contributed by atoms with van der Waals surface area (Å²) in [6.45, 7) is 2.90. The number of nitrogens with two attached hydrogens (primary N) is 1. The summed E-state index contributed by atoms with van der Waals surface area (Å²) in [5.74, 6) is 0.284. The summed E-state index contributed by atoms with van der Waals surface area (Å²) in [6.07, 6.45) is 2.92. The largest absolute Gasteiger partial charge is 0.375 e. The molecule has 0 amide bonds. The summed E-state index contributed by atoms with van der Waals surface area (Å²) in [7, 11) is 0. The van der Waals surface area contributed by atoms with Crippen LogP contribution in [0.5, 0.6) is 0 Å². The highest BCUT2D eigenvalue weighted by molar-refractivity contribution is 7.15. The Kier molecular flexibility index (Phi) is 4.96. The van der Waals surface area contributed by atoms with Gasteiger partial charge >= 0.3 is 0 Å². The number of likely N-dealkylation sites (tertiary alicyclic amines) is 1. The van der Waals surface area contributed by atoms with E-state index in [1.165, 1.54) is 22.3 Å². The molecule has 2 aromatic rings. The van der Waals surface area contributed by atoms with E-state index in [2.05, 4.69) is 9.88 Å². The third-order valence-corrected chi connectivity index (χ3v) is 4.35. The second-order valence-electron chi connectivity index (χ2n) is 4.94. The third kappa shape index (κ3) is 3.48. The summed E-state index contributed by atoms with van der Waals surface area (Å²) >= 11 is 1.54. The zero-order chi connectivity index (χ0) is 13.2. The molecule has 1 aliphatic rings. The van der Waals surface area contributed by atoms with Crippen molar-refractivity contribution in [1.82, 2.24) is 9.88 Å². The first-order valence-corrected chi connectivity index (χ1v) is 7.20. The van der Waals surface area contributed by atoms with Crippen LogP contribution in [0, 0.1) is 5.82 Å². The molecular weight excluding hydrogens is 297 g/mol. The van der Waals surface area contributed by atoms with Crippen molar-refractivity contribution in [2.75, 3.05) is 18.8 Å². The Morgan fingerprint density at radius 1 is 1.45 bits per heavy atom. The normalized spacial score (nSPS) is 18.9. The SMILES string of the molecule is Cl.Nc1ncc(CN2CCC(c3cccc(F)c3)C2)s1. The molecule has 20 heavy (non-hydrogen) atoms. The first-order chi connectivity index (χ1) is 9.20. The average molecular weight is 314 g/mol. The van der Waals surface area contributed by atoms with Gasteiger partial charge in [0.25, 0.3) is 0 Å². The summed E-state index contributed by atoms with van der Waals surface area (Å²) < 4.78 is 13.2. The van der Waals surface area contributed by atoms with Crippen molar-refractivity contribution in [2.24, 2.45) is 0 Å².